The maximum Gasteiger partial charge on any atom is 0.105 e. The number of hydrogen-bond donors (Lipinski definition) is 1. The van der Waals surface area contributed by atoms with Gasteiger partial charge >= 0.3 is 0 Å². The Morgan fingerprint density at radius 2 is 1.75 bits per heavy atom. The Bertz CT molecular complexity index is 577. The minimum absolute atomic E-state index is 0.542. The predicted octanol–water partition coefficient (Wildman–Crippen LogP) is 4.62. The van der Waals surface area contributed by atoms with Gasteiger partial charge < -0.3 is 5.11 Å². The summed E-state index contributed by atoms with van der Waals surface area (Å²) in [4.78, 5) is 1.14. The average molecular weight is 286 g/mol. The van der Waals surface area contributed by atoms with E-state index >= 15 is 0 Å². The van der Waals surface area contributed by atoms with Crippen molar-refractivity contribution >= 4 is 11.8 Å². The van der Waals surface area contributed by atoms with Crippen molar-refractivity contribution < 1.29 is 5.11 Å². The van der Waals surface area contributed by atoms with Crippen LogP contribution in [0.4, 0.5) is 0 Å². The lowest BCUT2D eigenvalue weighted by molar-refractivity contribution is 0.216. The second kappa shape index (κ2) is 6.96. The maximum absolute atomic E-state index is 10.8. The van der Waals surface area contributed by atoms with Crippen molar-refractivity contribution in [3.05, 3.63) is 64.7 Å². The van der Waals surface area contributed by atoms with Crippen LogP contribution < -0.4 is 0 Å². The molecule has 0 aliphatic rings. The van der Waals surface area contributed by atoms with E-state index in [1.54, 1.807) is 11.8 Å². The normalized spacial score (nSPS) is 12.4. The number of aliphatic hydroxyl groups excluding tert-OH is 1. The lowest BCUT2D eigenvalue weighted by Gasteiger charge is -2.19. The molecule has 0 aliphatic heterocycles. The fourth-order valence-corrected chi connectivity index (χ4v) is 3.13. The lowest BCUT2D eigenvalue weighted by Crippen LogP contribution is -2.05. The highest BCUT2D eigenvalue weighted by Gasteiger charge is 2.17. The van der Waals surface area contributed by atoms with E-state index in [0.717, 1.165) is 28.9 Å². The molecule has 2 heteroatoms. The number of aryl methyl sites for hydroxylation is 2. The molecule has 0 heterocycles. The molecule has 0 saturated carbocycles. The van der Waals surface area contributed by atoms with Gasteiger partial charge in [-0.1, -0.05) is 50.2 Å². The molecule has 0 bridgehead atoms. The first-order valence-corrected chi connectivity index (χ1v) is 8.36. The molecular formula is C18H22OS. The Morgan fingerprint density at radius 1 is 1.00 bits per heavy atom. The maximum atomic E-state index is 10.8. The van der Waals surface area contributed by atoms with E-state index in [1.165, 1.54) is 11.1 Å². The lowest BCUT2D eigenvalue weighted by atomic mass is 9.93. The Kier molecular flexibility index (Phi) is 5.27. The van der Waals surface area contributed by atoms with Crippen LogP contribution in [0.2, 0.25) is 0 Å². The summed E-state index contributed by atoms with van der Waals surface area (Å²) in [5.41, 5.74) is 4.56. The van der Waals surface area contributed by atoms with Gasteiger partial charge in [-0.05, 0) is 47.4 Å². The molecule has 0 aliphatic carbocycles. The van der Waals surface area contributed by atoms with Crippen molar-refractivity contribution in [3.8, 4) is 0 Å². The SMILES string of the molecule is CCc1ccc(CC)c(C(O)c2ccccc2SC)c1. The minimum atomic E-state index is -0.542. The molecule has 1 unspecified atom stereocenters. The predicted molar refractivity (Wildman–Crippen MR) is 87.5 cm³/mol. The molecular weight excluding hydrogens is 264 g/mol. The first-order valence-electron chi connectivity index (χ1n) is 7.13. The van der Waals surface area contributed by atoms with Gasteiger partial charge in [0.1, 0.15) is 6.10 Å². The summed E-state index contributed by atoms with van der Waals surface area (Å²) >= 11 is 1.68. The van der Waals surface area contributed by atoms with Crippen molar-refractivity contribution in [3.63, 3.8) is 0 Å². The third kappa shape index (κ3) is 3.08. The van der Waals surface area contributed by atoms with E-state index in [4.69, 9.17) is 0 Å². The fourth-order valence-electron chi connectivity index (χ4n) is 2.50. The van der Waals surface area contributed by atoms with E-state index in [1.807, 2.05) is 18.2 Å². The summed E-state index contributed by atoms with van der Waals surface area (Å²) in [6.07, 6.45) is 3.44. The van der Waals surface area contributed by atoms with Crippen LogP contribution in [0, 0.1) is 0 Å². The van der Waals surface area contributed by atoms with Crippen molar-refractivity contribution in [2.75, 3.05) is 6.26 Å². The van der Waals surface area contributed by atoms with Crippen LogP contribution in [0.1, 0.15) is 42.2 Å². The number of benzene rings is 2. The molecule has 0 amide bonds. The van der Waals surface area contributed by atoms with E-state index in [0.29, 0.717) is 0 Å². The Hall–Kier alpha value is -1.25. The highest BCUT2D eigenvalue weighted by molar-refractivity contribution is 7.98. The molecule has 106 valence electrons. The quantitative estimate of drug-likeness (QED) is 0.810. The molecule has 0 fully saturated rings. The van der Waals surface area contributed by atoms with Crippen LogP contribution in [0.15, 0.2) is 47.4 Å². The van der Waals surface area contributed by atoms with E-state index in [2.05, 4.69) is 44.4 Å². The van der Waals surface area contributed by atoms with Crippen molar-refractivity contribution in [1.29, 1.82) is 0 Å². The van der Waals surface area contributed by atoms with Gasteiger partial charge in [0, 0.05) is 4.90 Å². The zero-order valence-corrected chi connectivity index (χ0v) is 13.2. The van der Waals surface area contributed by atoms with Crippen molar-refractivity contribution in [2.45, 2.75) is 37.7 Å². The molecule has 2 aromatic carbocycles. The van der Waals surface area contributed by atoms with Gasteiger partial charge in [-0.2, -0.15) is 0 Å². The van der Waals surface area contributed by atoms with Gasteiger partial charge in [-0.15, -0.1) is 11.8 Å². The van der Waals surface area contributed by atoms with E-state index < -0.39 is 6.10 Å². The molecule has 0 radical (unpaired) electrons. The fraction of sp³-hybridized carbons (Fsp3) is 0.333. The first-order chi connectivity index (χ1) is 9.71. The third-order valence-corrected chi connectivity index (χ3v) is 4.54. The summed E-state index contributed by atoms with van der Waals surface area (Å²) < 4.78 is 0. The van der Waals surface area contributed by atoms with Crippen LogP contribution in [-0.2, 0) is 12.8 Å². The van der Waals surface area contributed by atoms with E-state index in [-0.39, 0.29) is 0 Å². The Morgan fingerprint density at radius 3 is 2.40 bits per heavy atom. The highest BCUT2D eigenvalue weighted by Crippen LogP contribution is 2.32. The molecule has 2 aromatic rings. The van der Waals surface area contributed by atoms with Crippen molar-refractivity contribution in [2.24, 2.45) is 0 Å². The Labute approximate surface area is 126 Å². The van der Waals surface area contributed by atoms with Gasteiger partial charge in [0.2, 0.25) is 0 Å². The van der Waals surface area contributed by atoms with Crippen LogP contribution in [0.25, 0.3) is 0 Å². The molecule has 20 heavy (non-hydrogen) atoms. The second-order valence-corrected chi connectivity index (χ2v) is 5.73. The molecule has 0 aromatic heterocycles. The molecule has 2 rings (SSSR count). The number of rotatable bonds is 5. The standard InChI is InChI=1S/C18H22OS/c1-4-13-10-11-14(5-2)16(12-13)18(19)15-8-6-7-9-17(15)20-3/h6-12,18-19H,4-5H2,1-3H3. The monoisotopic (exact) mass is 286 g/mol. The zero-order valence-electron chi connectivity index (χ0n) is 12.4. The van der Waals surface area contributed by atoms with Crippen LogP contribution in [-0.4, -0.2) is 11.4 Å². The average Bonchev–Trinajstić information content (AvgIpc) is 2.53. The summed E-state index contributed by atoms with van der Waals surface area (Å²) in [6, 6.07) is 14.6. The largest absolute Gasteiger partial charge is 0.384 e. The van der Waals surface area contributed by atoms with Gasteiger partial charge in [0.25, 0.3) is 0 Å². The highest BCUT2D eigenvalue weighted by atomic mass is 32.2. The molecule has 1 atom stereocenters. The van der Waals surface area contributed by atoms with Crippen LogP contribution >= 0.6 is 11.8 Å². The second-order valence-electron chi connectivity index (χ2n) is 4.88. The van der Waals surface area contributed by atoms with Crippen LogP contribution in [0.5, 0.6) is 0 Å². The molecule has 1 N–H and O–H groups in total. The third-order valence-electron chi connectivity index (χ3n) is 3.73. The summed E-state index contributed by atoms with van der Waals surface area (Å²) in [5.74, 6) is 0. The first kappa shape index (κ1) is 15.1. The summed E-state index contributed by atoms with van der Waals surface area (Å²) in [5, 5.41) is 10.8. The smallest absolute Gasteiger partial charge is 0.105 e. The molecule has 1 nitrogen and oxygen atoms in total. The summed E-state index contributed by atoms with van der Waals surface area (Å²) in [7, 11) is 0. The van der Waals surface area contributed by atoms with Gasteiger partial charge in [0.05, 0.1) is 0 Å². The number of hydrogen-bond acceptors (Lipinski definition) is 2. The van der Waals surface area contributed by atoms with Crippen molar-refractivity contribution in [1.82, 2.24) is 0 Å². The molecule has 0 saturated heterocycles. The van der Waals surface area contributed by atoms with Crippen LogP contribution in [0.3, 0.4) is 0 Å². The number of thioether (sulfide) groups is 1. The minimum Gasteiger partial charge on any atom is -0.384 e. The van der Waals surface area contributed by atoms with E-state index in [9.17, 15) is 5.11 Å². The van der Waals surface area contributed by atoms with Gasteiger partial charge in [-0.3, -0.25) is 0 Å². The van der Waals surface area contributed by atoms with Gasteiger partial charge in [0.15, 0.2) is 0 Å². The zero-order chi connectivity index (χ0) is 14.5. The number of aliphatic hydroxyl groups is 1. The van der Waals surface area contributed by atoms with Gasteiger partial charge in [-0.25, -0.2) is 0 Å². The summed E-state index contributed by atoms with van der Waals surface area (Å²) in [6.45, 7) is 4.28. The Balaban J connectivity index is 2.49. The topological polar surface area (TPSA) is 20.2 Å². The molecule has 0 spiro atoms.